The minimum atomic E-state index is -0.478. The van der Waals surface area contributed by atoms with Crippen LogP contribution in [-0.2, 0) is 6.54 Å². The smallest absolute Gasteiger partial charge is 0.292 e. The van der Waals surface area contributed by atoms with Gasteiger partial charge in [0, 0.05) is 24.5 Å². The SMILES string of the molecule is CCN(Cc1ccccn1)c1ccc([N+](=O)[O-])c(N)c1. The van der Waals surface area contributed by atoms with E-state index in [-0.39, 0.29) is 11.4 Å². The Morgan fingerprint density at radius 2 is 2.15 bits per heavy atom. The van der Waals surface area contributed by atoms with Gasteiger partial charge in [-0.15, -0.1) is 0 Å². The zero-order valence-corrected chi connectivity index (χ0v) is 11.2. The van der Waals surface area contributed by atoms with Crippen LogP contribution < -0.4 is 10.6 Å². The predicted molar refractivity (Wildman–Crippen MR) is 78.5 cm³/mol. The molecule has 0 bridgehead atoms. The van der Waals surface area contributed by atoms with E-state index in [4.69, 9.17) is 5.73 Å². The summed E-state index contributed by atoms with van der Waals surface area (Å²) in [6.07, 6.45) is 1.74. The number of rotatable bonds is 5. The fourth-order valence-corrected chi connectivity index (χ4v) is 1.98. The number of anilines is 2. The zero-order valence-electron chi connectivity index (χ0n) is 11.2. The van der Waals surface area contributed by atoms with Gasteiger partial charge in [-0.2, -0.15) is 0 Å². The van der Waals surface area contributed by atoms with Gasteiger partial charge in [0.15, 0.2) is 0 Å². The van der Waals surface area contributed by atoms with E-state index < -0.39 is 4.92 Å². The van der Waals surface area contributed by atoms with E-state index in [0.717, 1.165) is 17.9 Å². The van der Waals surface area contributed by atoms with Crippen LogP contribution in [0.25, 0.3) is 0 Å². The number of aromatic nitrogens is 1. The van der Waals surface area contributed by atoms with Crippen LogP contribution in [-0.4, -0.2) is 16.5 Å². The quantitative estimate of drug-likeness (QED) is 0.513. The van der Waals surface area contributed by atoms with Crippen LogP contribution in [0.4, 0.5) is 17.1 Å². The first kappa shape index (κ1) is 13.8. The molecule has 2 rings (SSSR count). The van der Waals surface area contributed by atoms with E-state index in [2.05, 4.69) is 9.88 Å². The molecule has 1 heterocycles. The summed E-state index contributed by atoms with van der Waals surface area (Å²) in [6, 6.07) is 10.5. The topological polar surface area (TPSA) is 85.3 Å². The number of hydrogen-bond donors (Lipinski definition) is 1. The predicted octanol–water partition coefficient (Wildman–Crippen LogP) is 2.60. The molecule has 0 aliphatic carbocycles. The van der Waals surface area contributed by atoms with Gasteiger partial charge < -0.3 is 10.6 Å². The summed E-state index contributed by atoms with van der Waals surface area (Å²) in [5.41, 5.74) is 7.62. The van der Waals surface area contributed by atoms with Gasteiger partial charge in [-0.3, -0.25) is 15.1 Å². The lowest BCUT2D eigenvalue weighted by atomic mass is 10.2. The lowest BCUT2D eigenvalue weighted by Gasteiger charge is -2.22. The monoisotopic (exact) mass is 272 g/mol. The fourth-order valence-electron chi connectivity index (χ4n) is 1.98. The highest BCUT2D eigenvalue weighted by Crippen LogP contribution is 2.27. The molecular formula is C14H16N4O2. The van der Waals surface area contributed by atoms with Crippen molar-refractivity contribution in [1.82, 2.24) is 4.98 Å². The summed E-state index contributed by atoms with van der Waals surface area (Å²) in [7, 11) is 0. The molecule has 0 radical (unpaired) electrons. The summed E-state index contributed by atoms with van der Waals surface area (Å²) in [4.78, 5) is 16.6. The molecule has 0 unspecified atom stereocenters. The van der Waals surface area contributed by atoms with Crippen LogP contribution in [0, 0.1) is 10.1 Å². The van der Waals surface area contributed by atoms with Crippen LogP contribution >= 0.6 is 0 Å². The number of hydrogen-bond acceptors (Lipinski definition) is 5. The zero-order chi connectivity index (χ0) is 14.5. The summed E-state index contributed by atoms with van der Waals surface area (Å²) < 4.78 is 0. The molecule has 20 heavy (non-hydrogen) atoms. The minimum Gasteiger partial charge on any atom is -0.393 e. The molecule has 0 fully saturated rings. The highest BCUT2D eigenvalue weighted by molar-refractivity contribution is 5.66. The number of nitro groups is 1. The number of nitro benzene ring substituents is 1. The number of pyridine rings is 1. The van der Waals surface area contributed by atoms with Crippen LogP contribution in [0.15, 0.2) is 42.6 Å². The van der Waals surface area contributed by atoms with Crippen molar-refractivity contribution in [3.05, 3.63) is 58.4 Å². The maximum absolute atomic E-state index is 10.8. The van der Waals surface area contributed by atoms with E-state index >= 15 is 0 Å². The van der Waals surface area contributed by atoms with E-state index in [0.29, 0.717) is 6.54 Å². The van der Waals surface area contributed by atoms with Crippen molar-refractivity contribution in [3.8, 4) is 0 Å². The third-order valence-electron chi connectivity index (χ3n) is 3.03. The van der Waals surface area contributed by atoms with Gasteiger partial charge in [0.2, 0.25) is 0 Å². The summed E-state index contributed by atoms with van der Waals surface area (Å²) in [6.45, 7) is 3.41. The van der Waals surface area contributed by atoms with Crippen LogP contribution in [0.5, 0.6) is 0 Å². The van der Waals surface area contributed by atoms with Crippen molar-refractivity contribution in [2.24, 2.45) is 0 Å². The molecular weight excluding hydrogens is 256 g/mol. The average Bonchev–Trinajstić information content (AvgIpc) is 2.45. The van der Waals surface area contributed by atoms with Gasteiger partial charge in [0.25, 0.3) is 5.69 Å². The average molecular weight is 272 g/mol. The molecule has 1 aromatic heterocycles. The van der Waals surface area contributed by atoms with Crippen LogP contribution in [0.1, 0.15) is 12.6 Å². The number of nitrogens with zero attached hydrogens (tertiary/aromatic N) is 3. The Morgan fingerprint density at radius 3 is 2.70 bits per heavy atom. The second kappa shape index (κ2) is 6.01. The number of benzene rings is 1. The molecule has 6 nitrogen and oxygen atoms in total. The van der Waals surface area contributed by atoms with E-state index in [9.17, 15) is 10.1 Å². The molecule has 0 aliphatic heterocycles. The van der Waals surface area contributed by atoms with Crippen molar-refractivity contribution >= 4 is 17.1 Å². The van der Waals surface area contributed by atoms with Crippen LogP contribution in [0.3, 0.4) is 0 Å². The highest BCUT2D eigenvalue weighted by Gasteiger charge is 2.14. The molecule has 0 atom stereocenters. The first-order valence-corrected chi connectivity index (χ1v) is 6.30. The lowest BCUT2D eigenvalue weighted by molar-refractivity contribution is -0.383. The van der Waals surface area contributed by atoms with Crippen molar-refractivity contribution in [2.75, 3.05) is 17.2 Å². The van der Waals surface area contributed by atoms with E-state index in [1.807, 2.05) is 25.1 Å². The Bertz CT molecular complexity index is 601. The van der Waals surface area contributed by atoms with Crippen molar-refractivity contribution in [3.63, 3.8) is 0 Å². The van der Waals surface area contributed by atoms with Gasteiger partial charge in [0.1, 0.15) is 5.69 Å². The Balaban J connectivity index is 2.24. The Morgan fingerprint density at radius 1 is 1.35 bits per heavy atom. The molecule has 0 spiro atoms. The first-order valence-electron chi connectivity index (χ1n) is 6.30. The summed E-state index contributed by atoms with van der Waals surface area (Å²) >= 11 is 0. The van der Waals surface area contributed by atoms with Gasteiger partial charge in [-0.1, -0.05) is 6.07 Å². The normalized spacial score (nSPS) is 10.2. The summed E-state index contributed by atoms with van der Waals surface area (Å²) in [5.74, 6) is 0. The van der Waals surface area contributed by atoms with Crippen molar-refractivity contribution < 1.29 is 4.92 Å². The third kappa shape index (κ3) is 3.03. The second-order valence-corrected chi connectivity index (χ2v) is 4.34. The Labute approximate surface area is 117 Å². The van der Waals surface area contributed by atoms with Gasteiger partial charge >= 0.3 is 0 Å². The van der Waals surface area contributed by atoms with Gasteiger partial charge in [-0.25, -0.2) is 0 Å². The Hall–Kier alpha value is -2.63. The molecule has 2 N–H and O–H groups in total. The summed E-state index contributed by atoms with van der Waals surface area (Å²) in [5, 5.41) is 10.8. The molecule has 2 aromatic rings. The largest absolute Gasteiger partial charge is 0.393 e. The standard InChI is InChI=1S/C14H16N4O2/c1-2-17(10-11-5-3-4-8-16-11)12-6-7-14(18(19)20)13(15)9-12/h3-9H,2,10,15H2,1H3. The van der Waals surface area contributed by atoms with E-state index in [1.54, 1.807) is 18.3 Å². The first-order chi connectivity index (χ1) is 9.61. The molecule has 1 aromatic carbocycles. The van der Waals surface area contributed by atoms with Crippen LogP contribution in [0.2, 0.25) is 0 Å². The van der Waals surface area contributed by atoms with Gasteiger partial charge in [-0.05, 0) is 31.2 Å². The highest BCUT2D eigenvalue weighted by atomic mass is 16.6. The fraction of sp³-hybridized carbons (Fsp3) is 0.214. The molecule has 0 saturated carbocycles. The molecule has 0 amide bonds. The third-order valence-corrected chi connectivity index (χ3v) is 3.03. The molecule has 0 saturated heterocycles. The van der Waals surface area contributed by atoms with Gasteiger partial charge in [0.05, 0.1) is 17.2 Å². The minimum absolute atomic E-state index is 0.0670. The van der Waals surface area contributed by atoms with E-state index in [1.165, 1.54) is 6.07 Å². The maximum Gasteiger partial charge on any atom is 0.292 e. The molecule has 0 aliphatic rings. The number of nitrogen functional groups attached to an aromatic ring is 1. The Kier molecular flexibility index (Phi) is 4.14. The maximum atomic E-state index is 10.8. The number of nitrogens with two attached hydrogens (primary N) is 1. The molecule has 6 heteroatoms. The lowest BCUT2D eigenvalue weighted by Crippen LogP contribution is -2.22. The van der Waals surface area contributed by atoms with Crippen molar-refractivity contribution in [2.45, 2.75) is 13.5 Å². The van der Waals surface area contributed by atoms with Crippen molar-refractivity contribution in [1.29, 1.82) is 0 Å². The molecule has 104 valence electrons. The second-order valence-electron chi connectivity index (χ2n) is 4.34.